The summed E-state index contributed by atoms with van der Waals surface area (Å²) in [4.78, 5) is 11.7. The first-order valence-corrected chi connectivity index (χ1v) is 9.82. The van der Waals surface area contributed by atoms with Crippen LogP contribution in [0.1, 0.15) is 26.7 Å². The molecule has 5 nitrogen and oxygen atoms in total. The van der Waals surface area contributed by atoms with Crippen molar-refractivity contribution < 1.29 is 4.39 Å². The molecule has 0 aromatic heterocycles. The average Bonchev–Trinajstić information content (AvgIpc) is 2.67. The van der Waals surface area contributed by atoms with E-state index in [1.165, 1.54) is 31.5 Å². The summed E-state index contributed by atoms with van der Waals surface area (Å²) in [5.41, 5.74) is 7.33. The van der Waals surface area contributed by atoms with Crippen LogP contribution < -0.4 is 10.6 Å². The van der Waals surface area contributed by atoms with E-state index in [4.69, 9.17) is 10.7 Å². The number of rotatable bonds is 4. The highest BCUT2D eigenvalue weighted by molar-refractivity contribution is 14.0. The number of nitrogens with zero attached hydrogens (tertiary/aromatic N) is 4. The quantitative estimate of drug-likeness (QED) is 0.402. The molecule has 0 aliphatic carbocycles. The van der Waals surface area contributed by atoms with E-state index in [2.05, 4.69) is 28.5 Å². The van der Waals surface area contributed by atoms with Crippen molar-refractivity contribution in [3.63, 3.8) is 0 Å². The maximum atomic E-state index is 13.1. The van der Waals surface area contributed by atoms with E-state index >= 15 is 0 Å². The summed E-state index contributed by atoms with van der Waals surface area (Å²) in [6.45, 7) is 11.2. The molecule has 0 radical (unpaired) electrons. The summed E-state index contributed by atoms with van der Waals surface area (Å²) in [7, 11) is 0. The summed E-state index contributed by atoms with van der Waals surface area (Å²) in [5, 5.41) is 0. The zero-order valence-corrected chi connectivity index (χ0v) is 18.8. The van der Waals surface area contributed by atoms with Gasteiger partial charge in [-0.15, -0.1) is 24.0 Å². The molecule has 1 aromatic rings. The predicted octanol–water partition coefficient (Wildman–Crippen LogP) is 3.00. The molecule has 2 N–H and O–H groups in total. The molecule has 3 rings (SSSR count). The molecule has 1 atom stereocenters. The largest absolute Gasteiger partial charge is 0.370 e. The monoisotopic (exact) mass is 489 g/mol. The highest BCUT2D eigenvalue weighted by Gasteiger charge is 2.22. The minimum Gasteiger partial charge on any atom is -0.370 e. The molecular weight excluding hydrogens is 456 g/mol. The smallest absolute Gasteiger partial charge is 0.191 e. The van der Waals surface area contributed by atoms with Crippen LogP contribution in [0.4, 0.5) is 10.1 Å². The van der Waals surface area contributed by atoms with E-state index in [9.17, 15) is 4.39 Å². The molecule has 0 amide bonds. The minimum absolute atomic E-state index is 0. The van der Waals surface area contributed by atoms with Gasteiger partial charge in [-0.3, -0.25) is 4.99 Å². The van der Waals surface area contributed by atoms with Gasteiger partial charge in [-0.2, -0.15) is 0 Å². The molecule has 1 unspecified atom stereocenters. The first kappa shape index (κ1) is 22.2. The molecular formula is C20H33FIN5. The van der Waals surface area contributed by atoms with Crippen molar-refractivity contribution in [2.24, 2.45) is 16.6 Å². The van der Waals surface area contributed by atoms with E-state index in [-0.39, 0.29) is 29.8 Å². The van der Waals surface area contributed by atoms with Gasteiger partial charge in [0.25, 0.3) is 0 Å². The van der Waals surface area contributed by atoms with Crippen LogP contribution >= 0.6 is 24.0 Å². The van der Waals surface area contributed by atoms with Crippen LogP contribution in [0.2, 0.25) is 0 Å². The second kappa shape index (κ2) is 10.5. The number of piperazine rings is 1. The van der Waals surface area contributed by atoms with E-state index in [1.807, 2.05) is 12.1 Å². The standard InChI is InChI=1S/C20H32FN5.HI/c1-16(2)26-9-3-4-17(15-26)14-23-20(22)25-12-10-24(11-13-25)19-7-5-18(21)6-8-19;/h5-8,16-17H,3-4,9-15H2,1-2H3,(H2,22,23);1H. The van der Waals surface area contributed by atoms with E-state index in [0.717, 1.165) is 45.0 Å². The second-order valence-electron chi connectivity index (χ2n) is 7.75. The van der Waals surface area contributed by atoms with E-state index < -0.39 is 0 Å². The van der Waals surface area contributed by atoms with Crippen molar-refractivity contribution in [3.8, 4) is 0 Å². The third-order valence-electron chi connectivity index (χ3n) is 5.59. The van der Waals surface area contributed by atoms with Gasteiger partial charge in [0.1, 0.15) is 5.82 Å². The molecule has 2 fully saturated rings. The van der Waals surface area contributed by atoms with Crippen LogP contribution in [0.25, 0.3) is 0 Å². The summed E-state index contributed by atoms with van der Waals surface area (Å²) >= 11 is 0. The fraction of sp³-hybridized carbons (Fsp3) is 0.650. The Morgan fingerprint density at radius 3 is 2.44 bits per heavy atom. The summed E-state index contributed by atoms with van der Waals surface area (Å²) in [5.74, 6) is 1.10. The van der Waals surface area contributed by atoms with Gasteiger partial charge in [-0.05, 0) is 63.4 Å². The topological polar surface area (TPSA) is 48.1 Å². The Bertz CT molecular complexity index is 599. The lowest BCUT2D eigenvalue weighted by molar-refractivity contribution is 0.143. The Balaban J connectivity index is 0.00000261. The minimum atomic E-state index is -0.192. The van der Waals surface area contributed by atoms with Gasteiger partial charge in [0.2, 0.25) is 0 Å². The molecule has 2 saturated heterocycles. The van der Waals surface area contributed by atoms with Gasteiger partial charge in [0, 0.05) is 51.0 Å². The number of piperidine rings is 1. The summed E-state index contributed by atoms with van der Waals surface area (Å²) in [6.07, 6.45) is 2.51. The molecule has 0 spiro atoms. The molecule has 0 bridgehead atoms. The lowest BCUT2D eigenvalue weighted by Gasteiger charge is -2.37. The van der Waals surface area contributed by atoms with E-state index in [1.54, 1.807) is 0 Å². The third-order valence-corrected chi connectivity index (χ3v) is 5.59. The lowest BCUT2D eigenvalue weighted by Crippen LogP contribution is -2.51. The van der Waals surface area contributed by atoms with Gasteiger partial charge >= 0.3 is 0 Å². The summed E-state index contributed by atoms with van der Waals surface area (Å²) in [6, 6.07) is 7.32. The van der Waals surface area contributed by atoms with Gasteiger partial charge in [-0.25, -0.2) is 4.39 Å². The van der Waals surface area contributed by atoms with Crippen molar-refractivity contribution in [1.82, 2.24) is 9.80 Å². The second-order valence-corrected chi connectivity index (χ2v) is 7.75. The van der Waals surface area contributed by atoms with Crippen LogP contribution in [-0.2, 0) is 0 Å². The van der Waals surface area contributed by atoms with Crippen LogP contribution in [0, 0.1) is 11.7 Å². The normalized spacial score (nSPS) is 22.1. The molecule has 0 saturated carbocycles. The van der Waals surface area contributed by atoms with Crippen molar-refractivity contribution in [2.45, 2.75) is 32.7 Å². The highest BCUT2D eigenvalue weighted by atomic mass is 127. The Morgan fingerprint density at radius 2 is 1.81 bits per heavy atom. The van der Waals surface area contributed by atoms with Crippen LogP contribution in [0.15, 0.2) is 29.3 Å². The van der Waals surface area contributed by atoms with Crippen LogP contribution in [0.5, 0.6) is 0 Å². The van der Waals surface area contributed by atoms with Crippen molar-refractivity contribution in [3.05, 3.63) is 30.1 Å². The number of aliphatic imine (C=N–C) groups is 1. The maximum Gasteiger partial charge on any atom is 0.191 e. The number of likely N-dealkylation sites (tertiary alicyclic amines) is 1. The molecule has 152 valence electrons. The van der Waals surface area contributed by atoms with Crippen LogP contribution in [0.3, 0.4) is 0 Å². The van der Waals surface area contributed by atoms with Crippen molar-refractivity contribution in [1.29, 1.82) is 0 Å². The predicted molar refractivity (Wildman–Crippen MR) is 122 cm³/mol. The molecule has 2 aliphatic rings. The number of halogens is 2. The fourth-order valence-corrected chi connectivity index (χ4v) is 3.88. The van der Waals surface area contributed by atoms with Gasteiger partial charge in [0.15, 0.2) is 5.96 Å². The summed E-state index contributed by atoms with van der Waals surface area (Å²) < 4.78 is 13.1. The fourth-order valence-electron chi connectivity index (χ4n) is 3.88. The van der Waals surface area contributed by atoms with Gasteiger partial charge in [0.05, 0.1) is 0 Å². The number of anilines is 1. The molecule has 1 aromatic carbocycles. The maximum absolute atomic E-state index is 13.1. The van der Waals surface area contributed by atoms with Crippen LogP contribution in [-0.4, -0.2) is 67.6 Å². The highest BCUT2D eigenvalue weighted by Crippen LogP contribution is 2.19. The average molecular weight is 489 g/mol. The molecule has 2 aliphatic heterocycles. The van der Waals surface area contributed by atoms with E-state index in [0.29, 0.717) is 17.9 Å². The number of hydrogen-bond donors (Lipinski definition) is 1. The van der Waals surface area contributed by atoms with Crippen molar-refractivity contribution in [2.75, 3.05) is 50.7 Å². The SMILES string of the molecule is CC(C)N1CCCC(CN=C(N)N2CCN(c3ccc(F)cc3)CC2)C1.I. The Labute approximate surface area is 179 Å². The Kier molecular flexibility index (Phi) is 8.60. The number of benzene rings is 1. The number of nitrogens with two attached hydrogens (primary N) is 1. The number of guanidine groups is 1. The first-order chi connectivity index (χ1) is 12.5. The molecule has 27 heavy (non-hydrogen) atoms. The van der Waals surface area contributed by atoms with Gasteiger partial charge in [-0.1, -0.05) is 0 Å². The molecule has 7 heteroatoms. The number of hydrogen-bond acceptors (Lipinski definition) is 3. The Morgan fingerprint density at radius 1 is 1.15 bits per heavy atom. The zero-order valence-electron chi connectivity index (χ0n) is 16.5. The zero-order chi connectivity index (χ0) is 18.5. The van der Waals surface area contributed by atoms with Gasteiger partial charge < -0.3 is 20.4 Å². The van der Waals surface area contributed by atoms with Crippen molar-refractivity contribution >= 4 is 35.6 Å². The first-order valence-electron chi connectivity index (χ1n) is 9.82. The Hall–Kier alpha value is -1.09. The third kappa shape index (κ3) is 6.20. The lowest BCUT2D eigenvalue weighted by atomic mass is 9.97. The molecule has 2 heterocycles.